The fourth-order valence-electron chi connectivity index (χ4n) is 9.56. The lowest BCUT2D eigenvalue weighted by atomic mass is 9.85. The van der Waals surface area contributed by atoms with Crippen LogP contribution in [0.25, 0.3) is 55.6 Å². The number of fused-ring (bicyclic) bond motifs is 2. The van der Waals surface area contributed by atoms with Crippen molar-refractivity contribution in [2.75, 3.05) is 4.90 Å². The second kappa shape index (κ2) is 17.9. The molecule has 0 aliphatic heterocycles. The summed E-state index contributed by atoms with van der Waals surface area (Å²) in [6, 6.07) is 52.0. The molecule has 5 nitrogen and oxygen atoms in total. The third kappa shape index (κ3) is 7.81. The first kappa shape index (κ1) is 40.2. The monoisotopic (exact) mass is 857 g/mol. The molecule has 0 atom stereocenters. The van der Waals surface area contributed by atoms with Gasteiger partial charge >= 0.3 is 0 Å². The van der Waals surface area contributed by atoms with E-state index in [4.69, 9.17) is 18.7 Å². The van der Waals surface area contributed by atoms with Gasteiger partial charge in [-0.05, 0) is 114 Å². The molecule has 3 aliphatic carbocycles. The molecule has 6 aromatic carbocycles. The highest BCUT2D eigenvalue weighted by Gasteiger charge is 2.27. The molecule has 314 valence electrons. The minimum atomic E-state index is 0.820. The Balaban J connectivity index is 1.04. The first-order valence-corrected chi connectivity index (χ1v) is 23.4. The zero-order chi connectivity index (χ0) is 43.5. The van der Waals surface area contributed by atoms with Crippen molar-refractivity contribution in [1.29, 1.82) is 0 Å². The largest absolute Gasteiger partial charge is 0.315 e. The van der Waals surface area contributed by atoms with Gasteiger partial charge in [0.05, 0.1) is 34.1 Å². The molecule has 3 aliphatic rings. The predicted molar refractivity (Wildman–Crippen MR) is 272 cm³/mol. The summed E-state index contributed by atoms with van der Waals surface area (Å²) in [6.07, 6.45) is 24.0. The van der Waals surface area contributed by atoms with E-state index in [1.807, 2.05) is 6.07 Å². The van der Waals surface area contributed by atoms with Gasteiger partial charge in [-0.15, -0.1) is 0 Å². The molecule has 0 bridgehead atoms. The maximum Gasteiger partial charge on any atom is 0.114 e. The minimum Gasteiger partial charge on any atom is -0.315 e. The molecule has 11 rings (SSSR count). The van der Waals surface area contributed by atoms with Crippen LogP contribution >= 0.6 is 11.7 Å². The van der Waals surface area contributed by atoms with E-state index in [1.165, 1.54) is 56.5 Å². The van der Waals surface area contributed by atoms with Crippen molar-refractivity contribution in [3.05, 3.63) is 245 Å². The molecule has 8 aromatic rings. The topological polar surface area (TPSA) is 54.8 Å². The summed E-state index contributed by atoms with van der Waals surface area (Å²) < 4.78 is 9.78. The van der Waals surface area contributed by atoms with E-state index in [-0.39, 0.29) is 0 Å². The standard InChI is InChI=1S/C59H47N5S/c1-40-54-58(61-57(47-28-16-6-17-29-47)56(60-54)46-26-14-5-15-27-46)53(59-55(40)62-65-63-59)45-34-38-50(39-35-45)64(48-30-18-7-19-31-48)49-36-32-44(33-37-49)52(43-24-12-4-13-25-43)51(41-20-8-2-9-21-41)42-22-10-3-11-23-42/h2-5,8-16,18,20-34,36-38H,6-7,17,19,35,39H2,1H3. The number of rotatable bonds is 10. The van der Waals surface area contributed by atoms with E-state index >= 15 is 0 Å². The Kier molecular flexibility index (Phi) is 11.1. The van der Waals surface area contributed by atoms with Crippen molar-refractivity contribution < 1.29 is 0 Å². The summed E-state index contributed by atoms with van der Waals surface area (Å²) in [6.45, 7) is 2.11. The zero-order valence-corrected chi connectivity index (χ0v) is 37.2. The number of nitrogens with zero attached hydrogens (tertiary/aromatic N) is 5. The lowest BCUT2D eigenvalue weighted by molar-refractivity contribution is 0.896. The van der Waals surface area contributed by atoms with E-state index in [1.54, 1.807) is 0 Å². The smallest absolute Gasteiger partial charge is 0.114 e. The number of aromatic nitrogens is 4. The summed E-state index contributed by atoms with van der Waals surface area (Å²) in [5.74, 6) is 0. The van der Waals surface area contributed by atoms with Crippen LogP contribution < -0.4 is 4.90 Å². The van der Waals surface area contributed by atoms with Crippen molar-refractivity contribution in [3.63, 3.8) is 0 Å². The zero-order valence-electron chi connectivity index (χ0n) is 36.4. The van der Waals surface area contributed by atoms with Gasteiger partial charge in [-0.25, -0.2) is 9.97 Å². The van der Waals surface area contributed by atoms with Crippen LogP contribution in [-0.2, 0) is 0 Å². The van der Waals surface area contributed by atoms with Crippen LogP contribution in [0.4, 0.5) is 5.69 Å². The molecular formula is C59H47N5S. The fourth-order valence-corrected chi connectivity index (χ4v) is 10.2. The van der Waals surface area contributed by atoms with Crippen LogP contribution in [-0.4, -0.2) is 18.7 Å². The maximum absolute atomic E-state index is 5.57. The van der Waals surface area contributed by atoms with Gasteiger partial charge in [0.15, 0.2) is 0 Å². The quantitative estimate of drug-likeness (QED) is 0.128. The first-order chi connectivity index (χ1) is 32.2. The average Bonchev–Trinajstić information content (AvgIpc) is 3.88. The summed E-state index contributed by atoms with van der Waals surface area (Å²) in [4.78, 5) is 13.5. The Morgan fingerprint density at radius 2 is 1.08 bits per heavy atom. The van der Waals surface area contributed by atoms with E-state index in [0.29, 0.717) is 0 Å². The molecule has 2 heterocycles. The first-order valence-electron chi connectivity index (χ1n) is 22.7. The van der Waals surface area contributed by atoms with E-state index in [2.05, 4.69) is 200 Å². The third-order valence-electron chi connectivity index (χ3n) is 12.7. The Hall–Kier alpha value is -7.54. The third-order valence-corrected chi connectivity index (χ3v) is 13.2. The summed E-state index contributed by atoms with van der Waals surface area (Å²) in [7, 11) is 0. The lowest BCUT2D eigenvalue weighted by Gasteiger charge is -2.32. The molecule has 0 amide bonds. The van der Waals surface area contributed by atoms with E-state index in [9.17, 15) is 0 Å². The van der Waals surface area contributed by atoms with Crippen LogP contribution in [0.2, 0.25) is 0 Å². The van der Waals surface area contributed by atoms with Gasteiger partial charge in [0.1, 0.15) is 11.0 Å². The normalized spacial score (nSPS) is 14.7. The maximum atomic E-state index is 5.57. The van der Waals surface area contributed by atoms with E-state index < -0.39 is 0 Å². The summed E-state index contributed by atoms with van der Waals surface area (Å²) >= 11 is 1.26. The van der Waals surface area contributed by atoms with Crippen molar-refractivity contribution in [3.8, 4) is 11.3 Å². The number of hydrogen-bond acceptors (Lipinski definition) is 6. The van der Waals surface area contributed by atoms with Crippen molar-refractivity contribution in [2.45, 2.75) is 45.4 Å². The van der Waals surface area contributed by atoms with Crippen molar-refractivity contribution >= 4 is 61.8 Å². The highest BCUT2D eigenvalue weighted by molar-refractivity contribution is 7.00. The molecule has 65 heavy (non-hydrogen) atoms. The average molecular weight is 858 g/mol. The van der Waals surface area contributed by atoms with Crippen LogP contribution in [0, 0.1) is 6.92 Å². The van der Waals surface area contributed by atoms with Gasteiger partial charge in [0, 0.05) is 33.8 Å². The molecule has 0 saturated carbocycles. The second-order valence-corrected chi connectivity index (χ2v) is 17.3. The number of benzene rings is 6. The Bertz CT molecular complexity index is 3240. The number of anilines is 1. The van der Waals surface area contributed by atoms with Crippen LogP contribution in [0.5, 0.6) is 0 Å². The Morgan fingerprint density at radius 3 is 1.65 bits per heavy atom. The van der Waals surface area contributed by atoms with Crippen molar-refractivity contribution in [2.24, 2.45) is 0 Å². The van der Waals surface area contributed by atoms with Gasteiger partial charge in [0.2, 0.25) is 0 Å². The van der Waals surface area contributed by atoms with Gasteiger partial charge in [-0.2, -0.15) is 8.75 Å². The van der Waals surface area contributed by atoms with Gasteiger partial charge in [-0.3, -0.25) is 0 Å². The van der Waals surface area contributed by atoms with Gasteiger partial charge < -0.3 is 4.90 Å². The number of hydrogen-bond donors (Lipinski definition) is 0. The summed E-state index contributed by atoms with van der Waals surface area (Å²) in [5.41, 5.74) is 21.5. The molecule has 0 radical (unpaired) electrons. The molecule has 0 N–H and O–H groups in total. The second-order valence-electron chi connectivity index (χ2n) is 16.8. The van der Waals surface area contributed by atoms with Gasteiger partial charge in [-0.1, -0.05) is 170 Å². The van der Waals surface area contributed by atoms with Crippen molar-refractivity contribution in [1.82, 2.24) is 18.7 Å². The molecule has 0 unspecified atom stereocenters. The minimum absolute atomic E-state index is 0.820. The highest BCUT2D eigenvalue weighted by atomic mass is 32.1. The van der Waals surface area contributed by atoms with Crippen LogP contribution in [0.15, 0.2) is 206 Å². The predicted octanol–water partition coefficient (Wildman–Crippen LogP) is 15.2. The number of aryl methyl sites for hydroxylation is 1. The summed E-state index contributed by atoms with van der Waals surface area (Å²) in [5, 5.41) is 0. The molecular weight excluding hydrogens is 811 g/mol. The molecule has 0 saturated heterocycles. The Labute approximate surface area is 384 Å². The lowest BCUT2D eigenvalue weighted by Crippen LogP contribution is -2.22. The Morgan fingerprint density at radius 1 is 0.508 bits per heavy atom. The fraction of sp³-hybridized carbons (Fsp3) is 0.119. The molecule has 0 spiro atoms. The van der Waals surface area contributed by atoms with E-state index in [0.717, 1.165) is 105 Å². The SMILES string of the molecule is Cc1c2nsnc2c(C2=CC=C(N(C3=CCCC=C3)c3ccc(C(=C(c4ccccc4)c4ccccc4)c4ccccc4)cc3)CC2)c2nc(C3=CCCC=C3)c(-c3ccccc3)nc12. The highest BCUT2D eigenvalue weighted by Crippen LogP contribution is 2.43. The van der Waals surface area contributed by atoms with Gasteiger partial charge in [0.25, 0.3) is 0 Å². The number of allylic oxidation sites excluding steroid dienone is 11. The molecule has 2 aromatic heterocycles. The van der Waals surface area contributed by atoms with Crippen LogP contribution in [0.1, 0.15) is 77.6 Å². The molecule has 0 fully saturated rings. The molecule has 6 heteroatoms. The van der Waals surface area contributed by atoms with Crippen LogP contribution in [0.3, 0.4) is 0 Å².